The maximum Gasteiger partial charge on any atom is 0.410 e. The van der Waals surface area contributed by atoms with Crippen molar-refractivity contribution < 1.29 is 66.8 Å². The zero-order valence-electron chi connectivity index (χ0n) is 76.2. The number of carbonyl (C=O) groups excluding carboxylic acids is 9. The molecular formula is C98H145N9O14S4. The van der Waals surface area contributed by atoms with E-state index in [1.807, 2.05) is 135 Å². The van der Waals surface area contributed by atoms with Crippen LogP contribution >= 0.6 is 46.2 Å². The van der Waals surface area contributed by atoms with Crippen molar-refractivity contribution in [1.82, 2.24) is 45.1 Å². The molecule has 125 heavy (non-hydrogen) atoms. The van der Waals surface area contributed by atoms with Gasteiger partial charge in [-0.1, -0.05) is 178 Å². The lowest BCUT2D eigenvalue weighted by atomic mass is 9.85. The van der Waals surface area contributed by atoms with E-state index < -0.39 is 77.3 Å². The van der Waals surface area contributed by atoms with Crippen molar-refractivity contribution in [1.29, 1.82) is 0 Å². The molecule has 0 spiro atoms. The van der Waals surface area contributed by atoms with Crippen molar-refractivity contribution in [2.24, 2.45) is 29.6 Å². The number of fused-ring (bicyclic) bond motifs is 3. The van der Waals surface area contributed by atoms with Crippen LogP contribution in [0.2, 0.25) is 0 Å². The number of aromatic nitrogens is 2. The minimum absolute atomic E-state index is 0. The number of ketones is 3. The third kappa shape index (κ3) is 27.2. The van der Waals surface area contributed by atoms with E-state index in [2.05, 4.69) is 83.0 Å². The number of hydrogen-bond acceptors (Lipinski definition) is 21. The average Bonchev–Trinajstić information content (AvgIpc) is 1.61. The van der Waals surface area contributed by atoms with Crippen LogP contribution in [0.5, 0.6) is 0 Å². The molecule has 0 unspecified atom stereocenters. The third-order valence-electron chi connectivity index (χ3n) is 26.3. The van der Waals surface area contributed by atoms with E-state index in [1.54, 1.807) is 120 Å². The summed E-state index contributed by atoms with van der Waals surface area (Å²) in [6, 6.07) is 34.1. The summed E-state index contributed by atoms with van der Waals surface area (Å²) in [6.45, 7) is 20.1. The van der Waals surface area contributed by atoms with Gasteiger partial charge >= 0.3 is 6.09 Å². The van der Waals surface area contributed by atoms with Gasteiger partial charge in [0.2, 0.25) is 29.5 Å². The molecule has 6 aromatic rings. The second-order valence-electron chi connectivity index (χ2n) is 34.6. The largest absolute Gasteiger partial charge is 0.448 e. The molecule has 27 heteroatoms. The molecule has 2 aromatic heterocycles. The predicted molar refractivity (Wildman–Crippen MR) is 507 cm³/mol. The van der Waals surface area contributed by atoms with E-state index in [0.29, 0.717) is 57.4 Å². The lowest BCUT2D eigenvalue weighted by Gasteiger charge is -2.41. The number of hydrogen-bond donors (Lipinski definition) is 2. The molecule has 690 valence electrons. The number of amides is 6. The Morgan fingerprint density at radius 1 is 0.560 bits per heavy atom. The number of rotatable bonds is 47. The van der Waals surface area contributed by atoms with Crippen LogP contribution in [-0.4, -0.2) is 253 Å². The van der Waals surface area contributed by atoms with Gasteiger partial charge in [0, 0.05) is 146 Å². The number of likely N-dealkylation sites (tertiary alicyclic amines) is 2. The van der Waals surface area contributed by atoms with Gasteiger partial charge in [-0.2, -0.15) is 23.5 Å². The number of benzene rings is 4. The third-order valence-corrected chi connectivity index (χ3v) is 29.5. The minimum atomic E-state index is -1.39. The maximum atomic E-state index is 14.6. The Morgan fingerprint density at radius 2 is 0.976 bits per heavy atom. The van der Waals surface area contributed by atoms with Crippen molar-refractivity contribution >= 4 is 99.2 Å². The van der Waals surface area contributed by atoms with E-state index >= 15 is 0 Å². The summed E-state index contributed by atoms with van der Waals surface area (Å²) in [6.07, 6.45) is 11.2. The molecule has 0 saturated carbocycles. The predicted octanol–water partition coefficient (Wildman–Crippen LogP) is 16.4. The molecule has 6 amide bonds. The Labute approximate surface area is 762 Å². The lowest BCUT2D eigenvalue weighted by Crippen LogP contribution is -2.61. The number of nitrogens with zero attached hydrogens (tertiary/aromatic N) is 7. The number of Topliss-reactive ketones (excluding diaryl/α,β-unsaturated/α-hetero) is 3. The van der Waals surface area contributed by atoms with Crippen LogP contribution in [0.25, 0.3) is 11.1 Å². The van der Waals surface area contributed by atoms with Crippen molar-refractivity contribution in [2.75, 3.05) is 100 Å². The van der Waals surface area contributed by atoms with Gasteiger partial charge in [0.25, 0.3) is 0 Å². The first-order valence-electron chi connectivity index (χ1n) is 43.6. The van der Waals surface area contributed by atoms with E-state index in [9.17, 15) is 43.2 Å². The summed E-state index contributed by atoms with van der Waals surface area (Å²) in [4.78, 5) is 144. The van der Waals surface area contributed by atoms with Gasteiger partial charge in [0.15, 0.2) is 5.78 Å². The van der Waals surface area contributed by atoms with Crippen molar-refractivity contribution in [3.05, 3.63) is 165 Å². The fourth-order valence-electron chi connectivity index (χ4n) is 18.0. The highest BCUT2D eigenvalue weighted by atomic mass is 32.2. The Bertz CT molecular complexity index is 4310. The minimum Gasteiger partial charge on any atom is -0.448 e. The standard InChI is InChI=1S/C55H73N5O8S2.C41H64N4O6S2.2CH4/c1-11-35(2)49(47(66-8)32-48(62)60-28-19-26-45(60)50(67-9)36(3)46(61)31-38(51-56-27-29-70-51)30-37-20-13-12-14-21-37)58(6)52(63)44(34-69-10)57-53(64)55(4,5)59(7)54(65)68-33-43-41-24-17-15-22-39(41)40-23-16-18-25-42(40)43;1-11-27(2)37(44(7)40(49)31(26-52-10)24-35(47)41(4,5)42-6)34(50-8)25-36(48)45-20-15-18-32(45)38(51-9)28(3)33(46)23-30(39-43-19-21-53-39)22-29-16-13-12-14-17-29;;/h12-18,20-25,27,29,35-36,38,43-45,47,49-50H,11,19,26,28,30-34H2,1-10H3,(H,57,64);12-14,16-17,19,21,27-28,30-32,34,37-38,42H,11,15,18,20,22-26H2,1-10H3;2*1H4/t35-,36-,38+,44-,45-,47+,49-,50+;27-,28-,30+,31-,32-,34+,37-,38+;;/m00../s1. The summed E-state index contributed by atoms with van der Waals surface area (Å²) < 4.78 is 30.2. The molecule has 2 N–H and O–H groups in total. The first-order chi connectivity index (χ1) is 58.8. The number of carbonyl (C=O) groups is 9. The molecule has 23 nitrogen and oxygen atoms in total. The zero-order valence-corrected chi connectivity index (χ0v) is 79.5. The van der Waals surface area contributed by atoms with Crippen LogP contribution in [-0.2, 0) is 74.9 Å². The van der Waals surface area contributed by atoms with Gasteiger partial charge < -0.3 is 53.9 Å². The Morgan fingerprint density at radius 3 is 1.36 bits per heavy atom. The molecule has 2 saturated heterocycles. The van der Waals surface area contributed by atoms with Gasteiger partial charge in [-0.3, -0.25) is 43.3 Å². The Balaban J connectivity index is 0.000000395. The first kappa shape index (κ1) is 106. The van der Waals surface area contributed by atoms with Gasteiger partial charge in [-0.25, -0.2) is 14.8 Å². The summed E-state index contributed by atoms with van der Waals surface area (Å²) in [5.74, 6) is -2.01. The summed E-state index contributed by atoms with van der Waals surface area (Å²) in [7, 11) is 13.1. The van der Waals surface area contributed by atoms with Gasteiger partial charge in [-0.15, -0.1) is 22.7 Å². The molecule has 2 fully saturated rings. The number of methoxy groups -OCH3 is 4. The van der Waals surface area contributed by atoms with E-state index in [1.165, 1.54) is 23.7 Å². The topological polar surface area (TPSA) is 266 Å². The fourth-order valence-corrected chi connectivity index (χ4v) is 20.7. The number of thioether (sulfide) groups is 2. The molecule has 0 bridgehead atoms. The van der Waals surface area contributed by atoms with E-state index in [4.69, 9.17) is 23.7 Å². The van der Waals surface area contributed by atoms with Gasteiger partial charge in [0.1, 0.15) is 29.8 Å². The number of ether oxygens (including phenoxy) is 5. The van der Waals surface area contributed by atoms with Crippen LogP contribution in [0, 0.1) is 29.6 Å². The van der Waals surface area contributed by atoms with Gasteiger partial charge in [0.05, 0.1) is 82.9 Å². The van der Waals surface area contributed by atoms with Crippen LogP contribution in [0.4, 0.5) is 4.79 Å². The van der Waals surface area contributed by atoms with Crippen molar-refractivity contribution in [3.63, 3.8) is 0 Å². The highest BCUT2D eigenvalue weighted by Gasteiger charge is 2.48. The highest BCUT2D eigenvalue weighted by molar-refractivity contribution is 7.98. The van der Waals surface area contributed by atoms with Crippen LogP contribution in [0.1, 0.15) is 205 Å². The number of nitrogens with one attached hydrogen (secondary N) is 2. The molecule has 1 aliphatic carbocycles. The quantitative estimate of drug-likeness (QED) is 0.0359. The highest BCUT2D eigenvalue weighted by Crippen LogP contribution is 2.45. The van der Waals surface area contributed by atoms with Crippen LogP contribution < -0.4 is 10.6 Å². The molecule has 9 rings (SSSR count). The molecule has 16 atom stereocenters. The zero-order chi connectivity index (χ0) is 90.0. The summed E-state index contributed by atoms with van der Waals surface area (Å²) in [5, 5.41) is 11.8. The monoisotopic (exact) mass is 1800 g/mol. The first-order valence-corrected chi connectivity index (χ1v) is 48.1. The Hall–Kier alpha value is -7.73. The SMILES string of the molecule is C.C.CC[C@H](C)[C@@H]([C@@H](CC(=O)N1CCC[C@H]1[C@H](OC)[C@@H](C)C(=O)C[C@@H](Cc1ccccc1)c1nccs1)OC)N(C)C(=O)[C@H](CSC)CC(=O)C(C)(C)NC.CC[C@H](C)[C@@H]([C@@H](CC(=O)N1CCC[C@H]1[C@H](OC)[C@@H](C)C(=O)C[C@@H](Cc1ccccc1)c1nccs1)OC)N(C)C(=O)[C@H](CSC)NC(=O)C(C)(C)N(C)C(=O)OCC1c2ccccc2-c2ccccc21. The molecule has 4 heterocycles. The van der Waals surface area contributed by atoms with Gasteiger partial charge in [-0.05, 0) is 131 Å². The lowest BCUT2D eigenvalue weighted by molar-refractivity contribution is -0.147. The molecule has 4 aromatic carbocycles. The van der Waals surface area contributed by atoms with Crippen molar-refractivity contribution in [2.45, 2.75) is 251 Å². The molecule has 0 radical (unpaired) electrons. The van der Waals surface area contributed by atoms with Crippen molar-refractivity contribution in [3.8, 4) is 11.1 Å². The molecular weight excluding hydrogens is 1660 g/mol. The summed E-state index contributed by atoms with van der Waals surface area (Å²) in [5.41, 5.74) is 4.55. The fraction of sp³-hybridized carbons (Fsp3) is 0.602. The maximum absolute atomic E-state index is 14.6. The smallest absolute Gasteiger partial charge is 0.410 e. The van der Waals surface area contributed by atoms with Crippen LogP contribution in [0.3, 0.4) is 0 Å². The average molecular weight is 1800 g/mol. The second kappa shape index (κ2) is 50.9. The van der Waals surface area contributed by atoms with E-state index in [0.717, 1.165) is 69.1 Å². The summed E-state index contributed by atoms with van der Waals surface area (Å²) >= 11 is 6.08. The molecule has 2 aliphatic heterocycles. The Kier molecular flexibility index (Phi) is 43.2. The van der Waals surface area contributed by atoms with Crippen LogP contribution in [0.15, 0.2) is 132 Å². The second-order valence-corrected chi connectivity index (χ2v) is 38.3. The van der Waals surface area contributed by atoms with E-state index in [-0.39, 0.29) is 135 Å². The number of thiazole rings is 2. The normalized spacial score (nSPS) is 17.8. The number of likely N-dealkylation sites (N-methyl/N-ethyl adjacent to an activating group) is 4. The molecule has 3 aliphatic rings.